The first kappa shape index (κ1) is 15.0. The zero-order valence-corrected chi connectivity index (χ0v) is 11.3. The van der Waals surface area contributed by atoms with Crippen molar-refractivity contribution in [1.82, 2.24) is 10.6 Å². The summed E-state index contributed by atoms with van der Waals surface area (Å²) in [5.74, 6) is -0.851. The number of nitrogens with one attached hydrogen (secondary N) is 2. The highest BCUT2D eigenvalue weighted by Crippen LogP contribution is 2.37. The van der Waals surface area contributed by atoms with Crippen LogP contribution in [0.25, 0.3) is 0 Å². The molecule has 1 fully saturated rings. The number of carbonyl (C=O) groups is 2. The minimum Gasteiger partial charge on any atom is -0.481 e. The summed E-state index contributed by atoms with van der Waals surface area (Å²) in [6.45, 7) is 5.03. The fourth-order valence-corrected chi connectivity index (χ4v) is 2.56. The Morgan fingerprint density at radius 2 is 1.94 bits per heavy atom. The van der Waals surface area contributed by atoms with Gasteiger partial charge in [-0.25, -0.2) is 0 Å². The summed E-state index contributed by atoms with van der Waals surface area (Å²) in [7, 11) is 0. The fraction of sp³-hybridized carbons (Fsp3) is 0.846. The molecule has 1 unspecified atom stereocenters. The lowest BCUT2D eigenvalue weighted by molar-refractivity contribution is -0.148. The Morgan fingerprint density at radius 3 is 2.44 bits per heavy atom. The van der Waals surface area contributed by atoms with Crippen LogP contribution in [0.5, 0.6) is 0 Å². The standard InChI is InChI=1S/C13H24N2O3/c1-3-14-10(2)8-11(16)15-9-13(12(17)18)6-4-5-7-13/h10,14H,3-9H2,1-2H3,(H,15,16)(H,17,18). The fourth-order valence-electron chi connectivity index (χ4n) is 2.56. The van der Waals surface area contributed by atoms with Crippen molar-refractivity contribution >= 4 is 11.9 Å². The number of carboxylic acid groups (broad SMARTS) is 1. The van der Waals surface area contributed by atoms with Crippen LogP contribution in [0, 0.1) is 5.41 Å². The maximum absolute atomic E-state index is 11.7. The van der Waals surface area contributed by atoms with Crippen LogP contribution >= 0.6 is 0 Å². The molecule has 1 aliphatic rings. The van der Waals surface area contributed by atoms with E-state index in [1.807, 2.05) is 13.8 Å². The van der Waals surface area contributed by atoms with Crippen molar-refractivity contribution in [3.63, 3.8) is 0 Å². The number of carbonyl (C=O) groups excluding carboxylic acids is 1. The molecule has 0 heterocycles. The van der Waals surface area contributed by atoms with Gasteiger partial charge in [-0.3, -0.25) is 9.59 Å². The lowest BCUT2D eigenvalue weighted by Crippen LogP contribution is -2.42. The molecule has 0 bridgehead atoms. The molecular weight excluding hydrogens is 232 g/mol. The average molecular weight is 256 g/mol. The zero-order valence-electron chi connectivity index (χ0n) is 11.3. The van der Waals surface area contributed by atoms with Crippen molar-refractivity contribution in [3.8, 4) is 0 Å². The van der Waals surface area contributed by atoms with E-state index in [1.54, 1.807) is 0 Å². The van der Waals surface area contributed by atoms with Crippen LogP contribution in [0.3, 0.4) is 0 Å². The number of carboxylic acids is 1. The van der Waals surface area contributed by atoms with Crippen molar-refractivity contribution in [2.45, 2.75) is 52.0 Å². The molecule has 0 aromatic carbocycles. The van der Waals surface area contributed by atoms with Gasteiger partial charge in [-0.1, -0.05) is 19.8 Å². The van der Waals surface area contributed by atoms with Gasteiger partial charge in [0.15, 0.2) is 0 Å². The Balaban J connectivity index is 2.39. The summed E-state index contributed by atoms with van der Waals surface area (Å²) in [5.41, 5.74) is -0.725. The molecule has 18 heavy (non-hydrogen) atoms. The van der Waals surface area contributed by atoms with Gasteiger partial charge in [0.2, 0.25) is 5.91 Å². The third-order valence-electron chi connectivity index (χ3n) is 3.68. The Kier molecular flexibility index (Phi) is 5.59. The van der Waals surface area contributed by atoms with Crippen LogP contribution in [0.15, 0.2) is 0 Å². The van der Waals surface area contributed by atoms with E-state index in [0.717, 1.165) is 19.4 Å². The first-order valence-corrected chi connectivity index (χ1v) is 6.73. The van der Waals surface area contributed by atoms with Gasteiger partial charge in [0, 0.05) is 19.0 Å². The Morgan fingerprint density at radius 1 is 1.33 bits per heavy atom. The van der Waals surface area contributed by atoms with Crippen LogP contribution in [0.2, 0.25) is 0 Å². The third-order valence-corrected chi connectivity index (χ3v) is 3.68. The van der Waals surface area contributed by atoms with Gasteiger partial charge in [0.1, 0.15) is 0 Å². The largest absolute Gasteiger partial charge is 0.481 e. The van der Waals surface area contributed by atoms with Gasteiger partial charge >= 0.3 is 5.97 Å². The molecule has 0 radical (unpaired) electrons. The minimum atomic E-state index is -0.778. The molecule has 0 aliphatic heterocycles. The van der Waals surface area contributed by atoms with Crippen molar-refractivity contribution in [2.24, 2.45) is 5.41 Å². The second kappa shape index (κ2) is 6.73. The lowest BCUT2D eigenvalue weighted by atomic mass is 9.86. The van der Waals surface area contributed by atoms with E-state index in [2.05, 4.69) is 10.6 Å². The van der Waals surface area contributed by atoms with E-state index in [0.29, 0.717) is 19.3 Å². The van der Waals surface area contributed by atoms with Crippen LogP contribution in [-0.4, -0.2) is 36.1 Å². The molecule has 5 nitrogen and oxygen atoms in total. The second-order valence-electron chi connectivity index (χ2n) is 5.23. The highest BCUT2D eigenvalue weighted by molar-refractivity contribution is 5.79. The molecule has 1 aliphatic carbocycles. The van der Waals surface area contributed by atoms with Gasteiger partial charge < -0.3 is 15.7 Å². The predicted molar refractivity (Wildman–Crippen MR) is 69.3 cm³/mol. The maximum atomic E-state index is 11.7. The number of amides is 1. The minimum absolute atomic E-state index is 0.0732. The zero-order chi connectivity index (χ0) is 13.6. The predicted octanol–water partition coefficient (Wildman–Crippen LogP) is 1.14. The molecule has 0 aromatic rings. The van der Waals surface area contributed by atoms with E-state index in [1.165, 1.54) is 0 Å². The Labute approximate surface area is 108 Å². The first-order valence-electron chi connectivity index (χ1n) is 6.73. The van der Waals surface area contributed by atoms with Crippen LogP contribution in [0.4, 0.5) is 0 Å². The van der Waals surface area contributed by atoms with E-state index in [4.69, 9.17) is 0 Å². The summed E-state index contributed by atoms with van der Waals surface area (Å²) in [4.78, 5) is 23.0. The Hall–Kier alpha value is -1.10. The van der Waals surface area contributed by atoms with Crippen molar-refractivity contribution < 1.29 is 14.7 Å². The summed E-state index contributed by atoms with van der Waals surface area (Å²) in [6.07, 6.45) is 3.62. The van der Waals surface area contributed by atoms with Crippen molar-refractivity contribution in [2.75, 3.05) is 13.1 Å². The summed E-state index contributed by atoms with van der Waals surface area (Å²) < 4.78 is 0. The monoisotopic (exact) mass is 256 g/mol. The molecule has 1 rings (SSSR count). The van der Waals surface area contributed by atoms with Crippen molar-refractivity contribution in [1.29, 1.82) is 0 Å². The Bertz CT molecular complexity index is 299. The normalized spacial score (nSPS) is 19.4. The summed E-state index contributed by atoms with van der Waals surface area (Å²) in [6, 6.07) is 0.124. The molecule has 3 N–H and O–H groups in total. The third kappa shape index (κ3) is 3.98. The smallest absolute Gasteiger partial charge is 0.311 e. The second-order valence-corrected chi connectivity index (χ2v) is 5.23. The summed E-state index contributed by atoms with van der Waals surface area (Å²) >= 11 is 0. The molecule has 0 spiro atoms. The average Bonchev–Trinajstić information content (AvgIpc) is 2.76. The quantitative estimate of drug-likeness (QED) is 0.638. The first-order chi connectivity index (χ1) is 8.50. The number of hydrogen-bond donors (Lipinski definition) is 3. The number of hydrogen-bond acceptors (Lipinski definition) is 3. The topological polar surface area (TPSA) is 78.4 Å². The lowest BCUT2D eigenvalue weighted by Gasteiger charge is -2.24. The van der Waals surface area contributed by atoms with Crippen molar-refractivity contribution in [3.05, 3.63) is 0 Å². The van der Waals surface area contributed by atoms with E-state index in [-0.39, 0.29) is 18.5 Å². The highest BCUT2D eigenvalue weighted by atomic mass is 16.4. The van der Waals surface area contributed by atoms with Crippen LogP contribution < -0.4 is 10.6 Å². The number of aliphatic carboxylic acids is 1. The van der Waals surface area contributed by atoms with E-state index < -0.39 is 11.4 Å². The molecule has 1 atom stereocenters. The van der Waals surface area contributed by atoms with Gasteiger partial charge in [-0.2, -0.15) is 0 Å². The number of rotatable bonds is 7. The molecule has 104 valence electrons. The molecule has 5 heteroatoms. The molecule has 1 amide bonds. The molecule has 1 saturated carbocycles. The van der Waals surface area contributed by atoms with Gasteiger partial charge in [-0.05, 0) is 26.3 Å². The van der Waals surface area contributed by atoms with Gasteiger partial charge in [0.05, 0.1) is 5.41 Å². The summed E-state index contributed by atoms with van der Waals surface area (Å²) in [5, 5.41) is 15.2. The van der Waals surface area contributed by atoms with Gasteiger partial charge in [-0.15, -0.1) is 0 Å². The SMILES string of the molecule is CCNC(C)CC(=O)NCC1(C(=O)O)CCCC1. The van der Waals surface area contributed by atoms with Crippen LogP contribution in [0.1, 0.15) is 46.0 Å². The van der Waals surface area contributed by atoms with Crippen LogP contribution in [-0.2, 0) is 9.59 Å². The highest BCUT2D eigenvalue weighted by Gasteiger charge is 2.41. The van der Waals surface area contributed by atoms with E-state index >= 15 is 0 Å². The van der Waals surface area contributed by atoms with Gasteiger partial charge in [0.25, 0.3) is 0 Å². The molecular formula is C13H24N2O3. The molecule has 0 saturated heterocycles. The maximum Gasteiger partial charge on any atom is 0.311 e. The van der Waals surface area contributed by atoms with E-state index in [9.17, 15) is 14.7 Å². The molecule has 0 aromatic heterocycles.